The summed E-state index contributed by atoms with van der Waals surface area (Å²) in [5, 5.41) is 3.07. The number of methoxy groups -OCH3 is 1. The minimum atomic E-state index is -0.164. The molecule has 0 bridgehead atoms. The van der Waals surface area contributed by atoms with Crippen molar-refractivity contribution in [2.24, 2.45) is 0 Å². The summed E-state index contributed by atoms with van der Waals surface area (Å²) in [6.45, 7) is 2.62. The second-order valence-electron chi connectivity index (χ2n) is 5.20. The maximum atomic E-state index is 12.3. The quantitative estimate of drug-likeness (QED) is 0.941. The predicted molar refractivity (Wildman–Crippen MR) is 84.4 cm³/mol. The summed E-state index contributed by atoms with van der Waals surface area (Å²) in [7, 11) is 1.58. The maximum absolute atomic E-state index is 12.3. The lowest BCUT2D eigenvalue weighted by molar-refractivity contribution is 0.0823. The average molecular weight is 318 g/mol. The molecule has 1 saturated heterocycles. The molecule has 3 rings (SSSR count). The van der Waals surface area contributed by atoms with Crippen LogP contribution in [0.15, 0.2) is 30.5 Å². The van der Waals surface area contributed by atoms with Crippen LogP contribution in [0, 0.1) is 6.92 Å². The Kier molecular flexibility index (Phi) is 4.40. The van der Waals surface area contributed by atoms with Crippen LogP contribution in [0.25, 0.3) is 0 Å². The third kappa shape index (κ3) is 3.13. The van der Waals surface area contributed by atoms with Crippen LogP contribution in [0.2, 0.25) is 0 Å². The molecule has 2 atom stereocenters. The Morgan fingerprint density at radius 1 is 1.41 bits per heavy atom. The Balaban J connectivity index is 1.71. The highest BCUT2D eigenvalue weighted by Gasteiger charge is 2.31. The molecule has 116 valence electrons. The molecule has 0 unspecified atom stereocenters. The number of ether oxygens (including phenoxy) is 2. The molecular formula is C16H18N2O3S. The maximum Gasteiger partial charge on any atom is 0.261 e. The zero-order valence-electron chi connectivity index (χ0n) is 12.5. The van der Waals surface area contributed by atoms with Crippen molar-refractivity contribution in [2.75, 3.05) is 13.7 Å². The van der Waals surface area contributed by atoms with Crippen LogP contribution in [0.3, 0.4) is 0 Å². The monoisotopic (exact) mass is 318 g/mol. The summed E-state index contributed by atoms with van der Waals surface area (Å²) in [6.07, 6.45) is 2.37. The minimum Gasteiger partial charge on any atom is -0.481 e. The first-order chi connectivity index (χ1) is 10.7. The normalized spacial score (nSPS) is 20.8. The molecule has 1 fully saturated rings. The van der Waals surface area contributed by atoms with Gasteiger partial charge in [-0.2, -0.15) is 0 Å². The van der Waals surface area contributed by atoms with Gasteiger partial charge in [-0.3, -0.25) is 4.79 Å². The van der Waals surface area contributed by atoms with Crippen LogP contribution in [0.1, 0.15) is 32.6 Å². The molecule has 1 aliphatic heterocycles. The highest BCUT2D eigenvalue weighted by molar-refractivity contribution is 7.13. The van der Waals surface area contributed by atoms with Gasteiger partial charge < -0.3 is 14.8 Å². The molecule has 2 aromatic heterocycles. The van der Waals surface area contributed by atoms with Crippen LogP contribution >= 0.6 is 11.3 Å². The summed E-state index contributed by atoms with van der Waals surface area (Å²) < 4.78 is 10.8. The molecule has 5 nitrogen and oxygen atoms in total. The topological polar surface area (TPSA) is 60.5 Å². The molecule has 2 aromatic rings. The molecular weight excluding hydrogens is 300 g/mol. The molecule has 0 aromatic carbocycles. The predicted octanol–water partition coefficient (Wildman–Crippen LogP) is 2.72. The summed E-state index contributed by atoms with van der Waals surface area (Å²) in [6, 6.07) is 7.50. The van der Waals surface area contributed by atoms with Crippen LogP contribution < -0.4 is 10.1 Å². The van der Waals surface area contributed by atoms with E-state index in [0.29, 0.717) is 12.5 Å². The SMILES string of the molecule is COc1ccc([C@H]2OCC[C@@H]2NC(=O)c2ccc(C)s2)cn1. The van der Waals surface area contributed by atoms with Gasteiger partial charge in [-0.05, 0) is 31.5 Å². The van der Waals surface area contributed by atoms with E-state index in [1.807, 2.05) is 25.1 Å². The first kappa shape index (κ1) is 15.0. The van der Waals surface area contributed by atoms with Crippen molar-refractivity contribution in [1.29, 1.82) is 0 Å². The van der Waals surface area contributed by atoms with Crippen molar-refractivity contribution < 1.29 is 14.3 Å². The van der Waals surface area contributed by atoms with Crippen LogP contribution in [-0.2, 0) is 4.74 Å². The van der Waals surface area contributed by atoms with Crippen molar-refractivity contribution in [3.05, 3.63) is 45.8 Å². The standard InChI is InChI=1S/C16H18N2O3S/c1-10-3-5-13(22-10)16(19)18-12-7-8-21-15(12)11-4-6-14(20-2)17-9-11/h3-6,9,12,15H,7-8H2,1-2H3,(H,18,19)/t12-,15+/m0/s1. The van der Waals surface area contributed by atoms with Gasteiger partial charge in [0, 0.05) is 29.3 Å². The first-order valence-corrected chi connectivity index (χ1v) is 7.98. The Morgan fingerprint density at radius 3 is 2.91 bits per heavy atom. The Bertz CT molecular complexity index is 654. The number of carbonyl (C=O) groups excluding carboxylic acids is 1. The fraction of sp³-hybridized carbons (Fsp3) is 0.375. The van der Waals surface area contributed by atoms with Gasteiger partial charge >= 0.3 is 0 Å². The van der Waals surface area contributed by atoms with E-state index in [0.717, 1.165) is 21.7 Å². The van der Waals surface area contributed by atoms with Gasteiger partial charge in [0.1, 0.15) is 6.10 Å². The van der Waals surface area contributed by atoms with E-state index in [2.05, 4.69) is 10.3 Å². The lowest BCUT2D eigenvalue weighted by Gasteiger charge is -2.19. The van der Waals surface area contributed by atoms with E-state index in [1.54, 1.807) is 19.4 Å². The fourth-order valence-electron chi connectivity index (χ4n) is 2.54. The van der Waals surface area contributed by atoms with E-state index >= 15 is 0 Å². The van der Waals surface area contributed by atoms with Crippen molar-refractivity contribution in [3.8, 4) is 5.88 Å². The Labute approximate surface area is 133 Å². The number of rotatable bonds is 4. The van der Waals surface area contributed by atoms with Crippen LogP contribution in [-0.4, -0.2) is 30.6 Å². The summed E-state index contributed by atoms with van der Waals surface area (Å²) in [4.78, 5) is 18.4. The molecule has 0 spiro atoms. The van der Waals surface area contributed by atoms with Crippen molar-refractivity contribution in [2.45, 2.75) is 25.5 Å². The van der Waals surface area contributed by atoms with Gasteiger partial charge in [-0.1, -0.05) is 0 Å². The second kappa shape index (κ2) is 6.46. The smallest absolute Gasteiger partial charge is 0.261 e. The molecule has 6 heteroatoms. The van der Waals surface area contributed by atoms with E-state index in [9.17, 15) is 4.79 Å². The van der Waals surface area contributed by atoms with Gasteiger partial charge in [0.05, 0.1) is 18.0 Å². The number of nitrogens with one attached hydrogen (secondary N) is 1. The second-order valence-corrected chi connectivity index (χ2v) is 6.49. The summed E-state index contributed by atoms with van der Waals surface area (Å²) >= 11 is 1.50. The van der Waals surface area contributed by atoms with E-state index < -0.39 is 0 Å². The molecule has 0 aliphatic carbocycles. The van der Waals surface area contributed by atoms with Gasteiger partial charge in [0.25, 0.3) is 5.91 Å². The van der Waals surface area contributed by atoms with Crippen molar-refractivity contribution in [1.82, 2.24) is 10.3 Å². The number of aryl methyl sites for hydroxylation is 1. The molecule has 1 N–H and O–H groups in total. The number of nitrogens with zero attached hydrogens (tertiary/aromatic N) is 1. The molecule has 1 aliphatic rings. The molecule has 0 radical (unpaired) electrons. The lowest BCUT2D eigenvalue weighted by Crippen LogP contribution is -2.36. The van der Waals surface area contributed by atoms with Crippen LogP contribution in [0.4, 0.5) is 0 Å². The van der Waals surface area contributed by atoms with Gasteiger partial charge in [-0.25, -0.2) is 4.98 Å². The zero-order chi connectivity index (χ0) is 15.5. The average Bonchev–Trinajstić information content (AvgIpc) is 3.16. The minimum absolute atomic E-state index is 0.0369. The number of thiophene rings is 1. The molecule has 22 heavy (non-hydrogen) atoms. The molecule has 0 saturated carbocycles. The molecule has 3 heterocycles. The summed E-state index contributed by atoms with van der Waals surface area (Å²) in [5.41, 5.74) is 0.950. The fourth-order valence-corrected chi connectivity index (χ4v) is 3.31. The lowest BCUT2D eigenvalue weighted by atomic mass is 10.0. The van der Waals surface area contributed by atoms with Crippen LogP contribution in [0.5, 0.6) is 5.88 Å². The number of amides is 1. The number of carbonyl (C=O) groups is 1. The van der Waals surface area contributed by atoms with E-state index in [4.69, 9.17) is 9.47 Å². The number of pyridine rings is 1. The highest BCUT2D eigenvalue weighted by Crippen LogP contribution is 2.30. The highest BCUT2D eigenvalue weighted by atomic mass is 32.1. The number of aromatic nitrogens is 1. The molecule has 1 amide bonds. The third-order valence-electron chi connectivity index (χ3n) is 3.67. The van der Waals surface area contributed by atoms with Crippen molar-refractivity contribution in [3.63, 3.8) is 0 Å². The van der Waals surface area contributed by atoms with Gasteiger partial charge in [0.15, 0.2) is 0 Å². The van der Waals surface area contributed by atoms with Crippen molar-refractivity contribution >= 4 is 17.2 Å². The largest absolute Gasteiger partial charge is 0.481 e. The zero-order valence-corrected chi connectivity index (χ0v) is 13.4. The summed E-state index contributed by atoms with van der Waals surface area (Å²) in [5.74, 6) is 0.525. The third-order valence-corrected chi connectivity index (χ3v) is 4.67. The van der Waals surface area contributed by atoms with E-state index in [1.165, 1.54) is 11.3 Å². The number of hydrogen-bond acceptors (Lipinski definition) is 5. The van der Waals surface area contributed by atoms with E-state index in [-0.39, 0.29) is 18.1 Å². The van der Waals surface area contributed by atoms with Gasteiger partial charge in [-0.15, -0.1) is 11.3 Å². The first-order valence-electron chi connectivity index (χ1n) is 7.16. The number of hydrogen-bond donors (Lipinski definition) is 1. The van der Waals surface area contributed by atoms with Gasteiger partial charge in [0.2, 0.25) is 5.88 Å². The Hall–Kier alpha value is -1.92. The Morgan fingerprint density at radius 2 is 2.27 bits per heavy atom.